The van der Waals surface area contributed by atoms with Gasteiger partial charge in [-0.15, -0.1) is 0 Å². The number of nitrogens with zero attached hydrogens (tertiary/aromatic N) is 2. The smallest absolute Gasteiger partial charge is 0.327 e. The highest BCUT2D eigenvalue weighted by atomic mass is 31.2. The lowest BCUT2D eigenvalue weighted by Crippen LogP contribution is -2.23. The van der Waals surface area contributed by atoms with Gasteiger partial charge in [-0.1, -0.05) is 0 Å². The Morgan fingerprint density at radius 3 is 2.15 bits per heavy atom. The van der Waals surface area contributed by atoms with Gasteiger partial charge < -0.3 is 38.6 Å². The van der Waals surface area contributed by atoms with Crippen LogP contribution in [0.3, 0.4) is 0 Å². The Morgan fingerprint density at radius 1 is 1.07 bits per heavy atom. The van der Waals surface area contributed by atoms with Crippen molar-refractivity contribution in [1.82, 2.24) is 14.5 Å². The van der Waals surface area contributed by atoms with Gasteiger partial charge in [-0.2, -0.15) is 0 Å². The molecule has 2 rings (SSSR count). The third-order valence-corrected chi connectivity index (χ3v) is 5.11. The molecule has 0 saturated heterocycles. The summed E-state index contributed by atoms with van der Waals surface area (Å²) in [6.45, 7) is -0.380. The molecular formula is C13H21N3O9P2. The lowest BCUT2D eigenvalue weighted by atomic mass is 10.3. The van der Waals surface area contributed by atoms with Crippen molar-refractivity contribution in [2.45, 2.75) is 6.04 Å². The first-order valence-electron chi connectivity index (χ1n) is 7.86. The zero-order valence-electron chi connectivity index (χ0n) is 14.2. The second-order valence-corrected chi connectivity index (χ2v) is 9.33. The molecule has 0 radical (unpaired) electrons. The van der Waals surface area contributed by atoms with Crippen molar-refractivity contribution in [3.63, 3.8) is 0 Å². The highest BCUT2D eigenvalue weighted by Crippen LogP contribution is 2.34. The topological polar surface area (TPSA) is 184 Å². The maximum atomic E-state index is 11.8. The standard InChI is InChI=1S/C13H21N3O9P2/c17-13-11-1-2-16(12(11)14-9-15-13)10(7-24-3-5-26(18,19)20)8-25-4-6-27(21,22)23/h1-2,9-10H,3-8H2,(H,14,15,17)(H2,18,19,20)(H2,21,22,23). The van der Waals surface area contributed by atoms with E-state index in [-0.39, 0.29) is 32.0 Å². The van der Waals surface area contributed by atoms with Gasteiger partial charge in [-0.05, 0) is 6.07 Å². The van der Waals surface area contributed by atoms with E-state index < -0.39 is 33.6 Å². The van der Waals surface area contributed by atoms with Gasteiger partial charge in [0.05, 0.1) is 56.5 Å². The summed E-state index contributed by atoms with van der Waals surface area (Å²) in [7, 11) is -8.37. The minimum absolute atomic E-state index is 0.00578. The Balaban J connectivity index is 2.08. The van der Waals surface area contributed by atoms with Crippen LogP contribution < -0.4 is 5.56 Å². The predicted octanol–water partition coefficient (Wildman–Crippen LogP) is -0.346. The number of aromatic amines is 1. The molecule has 152 valence electrons. The van der Waals surface area contributed by atoms with Gasteiger partial charge >= 0.3 is 15.2 Å². The molecule has 0 fully saturated rings. The molecule has 0 atom stereocenters. The molecule has 5 N–H and O–H groups in total. The van der Waals surface area contributed by atoms with Crippen molar-refractivity contribution < 1.29 is 38.2 Å². The van der Waals surface area contributed by atoms with Crippen LogP contribution in [0.15, 0.2) is 23.4 Å². The average Bonchev–Trinajstić information content (AvgIpc) is 2.97. The van der Waals surface area contributed by atoms with Crippen molar-refractivity contribution in [2.24, 2.45) is 0 Å². The molecule has 0 aromatic carbocycles. The van der Waals surface area contributed by atoms with E-state index in [1.807, 2.05) is 0 Å². The number of hydrogen-bond donors (Lipinski definition) is 5. The van der Waals surface area contributed by atoms with Crippen LogP contribution >= 0.6 is 15.2 Å². The molecule has 0 spiro atoms. The Labute approximate surface area is 153 Å². The van der Waals surface area contributed by atoms with Gasteiger partial charge in [0.15, 0.2) is 0 Å². The van der Waals surface area contributed by atoms with Gasteiger partial charge in [0.2, 0.25) is 0 Å². The van der Waals surface area contributed by atoms with Crippen LogP contribution in [0.4, 0.5) is 0 Å². The van der Waals surface area contributed by atoms with Gasteiger partial charge in [0.1, 0.15) is 5.65 Å². The van der Waals surface area contributed by atoms with E-state index in [1.54, 1.807) is 16.8 Å². The minimum atomic E-state index is -4.18. The van der Waals surface area contributed by atoms with E-state index in [0.717, 1.165) is 0 Å². The fourth-order valence-corrected chi connectivity index (χ4v) is 3.03. The van der Waals surface area contributed by atoms with Gasteiger partial charge in [0, 0.05) is 6.20 Å². The molecule has 2 aromatic rings. The van der Waals surface area contributed by atoms with Crippen LogP contribution in [0, 0.1) is 0 Å². The largest absolute Gasteiger partial charge is 0.379 e. The van der Waals surface area contributed by atoms with Crippen LogP contribution in [-0.2, 0) is 18.6 Å². The van der Waals surface area contributed by atoms with Gasteiger partial charge in [-0.25, -0.2) is 4.98 Å². The van der Waals surface area contributed by atoms with Crippen molar-refractivity contribution in [1.29, 1.82) is 0 Å². The van der Waals surface area contributed by atoms with E-state index in [2.05, 4.69) is 9.97 Å². The maximum Gasteiger partial charge on any atom is 0.327 e. The van der Waals surface area contributed by atoms with Crippen molar-refractivity contribution in [2.75, 3.05) is 38.8 Å². The Kier molecular flexibility index (Phi) is 7.49. The molecule has 0 saturated carbocycles. The van der Waals surface area contributed by atoms with Crippen LogP contribution in [-0.4, -0.2) is 72.9 Å². The summed E-state index contributed by atoms with van der Waals surface area (Å²) in [5.41, 5.74) is 0.0308. The molecule has 2 heterocycles. The normalized spacial score (nSPS) is 12.9. The number of hydrogen-bond acceptors (Lipinski definition) is 6. The maximum absolute atomic E-state index is 11.8. The highest BCUT2D eigenvalue weighted by molar-refractivity contribution is 7.52. The van der Waals surface area contributed by atoms with Crippen molar-refractivity contribution in [3.05, 3.63) is 28.9 Å². The molecule has 0 unspecified atom stereocenters. The van der Waals surface area contributed by atoms with Crippen molar-refractivity contribution >= 4 is 26.2 Å². The van der Waals surface area contributed by atoms with Crippen molar-refractivity contribution in [3.8, 4) is 0 Å². The zero-order valence-corrected chi connectivity index (χ0v) is 16.0. The molecule has 0 bridgehead atoms. The van der Waals surface area contributed by atoms with Crippen LogP contribution in [0.25, 0.3) is 11.0 Å². The number of nitrogens with one attached hydrogen (secondary N) is 1. The third-order valence-electron chi connectivity index (χ3n) is 3.58. The fraction of sp³-hybridized carbons (Fsp3) is 0.538. The van der Waals surface area contributed by atoms with Gasteiger partial charge in [-0.3, -0.25) is 13.9 Å². The van der Waals surface area contributed by atoms with E-state index in [4.69, 9.17) is 29.0 Å². The lowest BCUT2D eigenvalue weighted by molar-refractivity contribution is 0.0536. The number of rotatable bonds is 11. The highest BCUT2D eigenvalue weighted by Gasteiger charge is 2.19. The van der Waals surface area contributed by atoms with E-state index in [0.29, 0.717) is 11.0 Å². The summed E-state index contributed by atoms with van der Waals surface area (Å²) in [5.74, 6) is 0. The number of fused-ring (bicyclic) bond motifs is 1. The minimum Gasteiger partial charge on any atom is -0.379 e. The Bertz CT molecular complexity index is 870. The van der Waals surface area contributed by atoms with Crippen LogP contribution in [0.2, 0.25) is 0 Å². The third kappa shape index (κ3) is 7.28. The van der Waals surface area contributed by atoms with E-state index >= 15 is 0 Å². The number of ether oxygens (including phenoxy) is 2. The lowest BCUT2D eigenvalue weighted by Gasteiger charge is -2.20. The molecule has 27 heavy (non-hydrogen) atoms. The first-order chi connectivity index (χ1) is 12.6. The quantitative estimate of drug-likeness (QED) is 0.236. The summed E-state index contributed by atoms with van der Waals surface area (Å²) >= 11 is 0. The summed E-state index contributed by atoms with van der Waals surface area (Å²) in [6.07, 6.45) is 1.95. The number of H-pyrrole nitrogens is 1. The summed E-state index contributed by atoms with van der Waals surface area (Å²) in [5, 5.41) is 0.341. The predicted molar refractivity (Wildman–Crippen MR) is 94.9 cm³/mol. The SMILES string of the molecule is O=c1[nH]cnc2c1ccn2C(COCCP(=O)(O)O)COCCP(=O)(O)O. The van der Waals surface area contributed by atoms with E-state index in [9.17, 15) is 13.9 Å². The summed E-state index contributed by atoms with van der Waals surface area (Å²) < 4.78 is 34.0. The second kappa shape index (κ2) is 9.22. The Morgan fingerprint density at radius 2 is 1.63 bits per heavy atom. The summed E-state index contributed by atoms with van der Waals surface area (Å²) in [4.78, 5) is 53.8. The zero-order chi connectivity index (χ0) is 20.1. The molecule has 0 aliphatic heterocycles. The molecule has 0 amide bonds. The van der Waals surface area contributed by atoms with Crippen LogP contribution in [0.1, 0.15) is 6.04 Å². The fourth-order valence-electron chi connectivity index (χ4n) is 2.29. The monoisotopic (exact) mass is 425 g/mol. The van der Waals surface area contributed by atoms with Gasteiger partial charge in [0.25, 0.3) is 5.56 Å². The molecule has 0 aliphatic rings. The molecular weight excluding hydrogens is 404 g/mol. The molecule has 0 aliphatic carbocycles. The molecule has 2 aromatic heterocycles. The van der Waals surface area contributed by atoms with E-state index in [1.165, 1.54) is 6.33 Å². The second-order valence-electron chi connectivity index (χ2n) is 5.77. The summed E-state index contributed by atoms with van der Waals surface area (Å²) in [6, 6.07) is 1.03. The molecule has 12 nitrogen and oxygen atoms in total. The first-order valence-corrected chi connectivity index (χ1v) is 11.5. The Hall–Kier alpha value is -1.36. The molecule has 14 heteroatoms. The average molecular weight is 425 g/mol. The van der Waals surface area contributed by atoms with Crippen LogP contribution in [0.5, 0.6) is 0 Å². The number of aromatic nitrogens is 3. The first kappa shape index (κ1) is 21.9.